The van der Waals surface area contributed by atoms with Crippen molar-refractivity contribution in [3.63, 3.8) is 0 Å². The summed E-state index contributed by atoms with van der Waals surface area (Å²) in [4.78, 5) is 0.0837. The summed E-state index contributed by atoms with van der Waals surface area (Å²) in [6, 6.07) is 4.82. The number of fused-ring (bicyclic) bond motifs is 1. The van der Waals surface area contributed by atoms with Gasteiger partial charge in [-0.25, -0.2) is 8.42 Å². The van der Waals surface area contributed by atoms with E-state index in [9.17, 15) is 8.42 Å². The van der Waals surface area contributed by atoms with Crippen LogP contribution in [0.5, 0.6) is 0 Å². The highest BCUT2D eigenvalue weighted by molar-refractivity contribution is 8.14. The van der Waals surface area contributed by atoms with Gasteiger partial charge >= 0.3 is 0 Å². The van der Waals surface area contributed by atoms with Crippen LogP contribution in [-0.2, 0) is 9.05 Å². The first-order valence-electron chi connectivity index (χ1n) is 3.48. The van der Waals surface area contributed by atoms with Crippen LogP contribution in [-0.4, -0.2) is 8.42 Å². The summed E-state index contributed by atoms with van der Waals surface area (Å²) in [5.41, 5.74) is 0. The Morgan fingerprint density at radius 1 is 1.23 bits per heavy atom. The monoisotopic (exact) mass is 216 g/mol. The van der Waals surface area contributed by atoms with E-state index in [1.54, 1.807) is 12.1 Å². The Hall–Kier alpha value is -1.00. The first-order valence-corrected chi connectivity index (χ1v) is 5.79. The molecule has 0 saturated heterocycles. The van der Waals surface area contributed by atoms with Crippen molar-refractivity contribution in [2.24, 2.45) is 0 Å². The summed E-state index contributed by atoms with van der Waals surface area (Å²) < 4.78 is 27.0. The van der Waals surface area contributed by atoms with Crippen molar-refractivity contribution in [1.29, 1.82) is 0 Å². The van der Waals surface area contributed by atoms with E-state index in [0.717, 1.165) is 5.39 Å². The van der Waals surface area contributed by atoms with Gasteiger partial charge in [-0.15, -0.1) is 0 Å². The van der Waals surface area contributed by atoms with E-state index < -0.39 is 9.05 Å². The molecule has 1 heterocycles. The first-order chi connectivity index (χ1) is 6.09. The number of rotatable bonds is 1. The lowest BCUT2D eigenvalue weighted by Crippen LogP contribution is -1.89. The van der Waals surface area contributed by atoms with Crippen LogP contribution >= 0.6 is 10.7 Å². The zero-order valence-corrected chi connectivity index (χ0v) is 7.97. The minimum atomic E-state index is -3.69. The Labute approximate surface area is 79.3 Å². The SMILES string of the molecule is O=S(=O)(Cl)c1cccc2cocc12. The topological polar surface area (TPSA) is 47.3 Å². The zero-order chi connectivity index (χ0) is 9.47. The largest absolute Gasteiger partial charge is 0.471 e. The normalized spacial score (nSPS) is 12.1. The molecule has 3 nitrogen and oxygen atoms in total. The number of halogens is 1. The second-order valence-corrected chi connectivity index (χ2v) is 5.10. The summed E-state index contributed by atoms with van der Waals surface area (Å²) in [6.45, 7) is 0. The number of hydrogen-bond acceptors (Lipinski definition) is 3. The summed E-state index contributed by atoms with van der Waals surface area (Å²) in [5, 5.41) is 1.24. The molecule has 68 valence electrons. The molecule has 2 aromatic rings. The van der Waals surface area contributed by atoms with Gasteiger partial charge in [0, 0.05) is 21.5 Å². The van der Waals surface area contributed by atoms with E-state index in [1.807, 2.05) is 0 Å². The van der Waals surface area contributed by atoms with Crippen molar-refractivity contribution < 1.29 is 12.8 Å². The maximum Gasteiger partial charge on any atom is 0.262 e. The third-order valence-electron chi connectivity index (χ3n) is 1.74. The van der Waals surface area contributed by atoms with Gasteiger partial charge in [-0.3, -0.25) is 0 Å². The molecule has 0 atom stereocenters. The Balaban J connectivity index is 2.91. The molecule has 0 amide bonds. The molecule has 0 N–H and O–H groups in total. The Kier molecular flexibility index (Phi) is 1.82. The van der Waals surface area contributed by atoms with Crippen LogP contribution in [0.2, 0.25) is 0 Å². The first kappa shape index (κ1) is 8.59. The molecular formula is C8H5ClO3S. The standard InChI is InChI=1S/C8H5ClO3S/c9-13(10,11)8-3-1-2-6-4-12-5-7(6)8/h1-5H. The minimum Gasteiger partial charge on any atom is -0.471 e. The van der Waals surface area contributed by atoms with Crippen LogP contribution in [0, 0.1) is 0 Å². The lowest BCUT2D eigenvalue weighted by atomic mass is 10.2. The lowest BCUT2D eigenvalue weighted by molar-refractivity contribution is 0.571. The average molecular weight is 217 g/mol. The molecule has 1 aromatic heterocycles. The number of benzene rings is 1. The number of furan rings is 1. The molecule has 1 aromatic carbocycles. The van der Waals surface area contributed by atoms with Crippen LogP contribution < -0.4 is 0 Å². The number of hydrogen-bond donors (Lipinski definition) is 0. The van der Waals surface area contributed by atoms with Crippen molar-refractivity contribution in [3.05, 3.63) is 30.7 Å². The smallest absolute Gasteiger partial charge is 0.262 e. The maximum absolute atomic E-state index is 11.1. The fourth-order valence-corrected chi connectivity index (χ4v) is 2.25. The van der Waals surface area contributed by atoms with Crippen molar-refractivity contribution in [1.82, 2.24) is 0 Å². The molecule has 0 aliphatic heterocycles. The van der Waals surface area contributed by atoms with Crippen molar-refractivity contribution in [3.8, 4) is 0 Å². The summed E-state index contributed by atoms with van der Waals surface area (Å²) in [6.07, 6.45) is 2.84. The molecule has 5 heteroatoms. The third kappa shape index (κ3) is 1.43. The predicted molar refractivity (Wildman–Crippen MR) is 49.3 cm³/mol. The van der Waals surface area contributed by atoms with E-state index in [-0.39, 0.29) is 4.90 Å². The van der Waals surface area contributed by atoms with Gasteiger partial charge in [-0.1, -0.05) is 12.1 Å². The highest BCUT2D eigenvalue weighted by Gasteiger charge is 2.14. The molecule has 0 unspecified atom stereocenters. The van der Waals surface area contributed by atoms with E-state index in [2.05, 4.69) is 0 Å². The van der Waals surface area contributed by atoms with Crippen LogP contribution in [0.25, 0.3) is 10.8 Å². The summed E-state index contributed by atoms with van der Waals surface area (Å²) >= 11 is 0. The average Bonchev–Trinajstić information content (AvgIpc) is 2.48. The van der Waals surface area contributed by atoms with Gasteiger partial charge in [0.1, 0.15) is 0 Å². The molecule has 0 bridgehead atoms. The minimum absolute atomic E-state index is 0.0837. The fraction of sp³-hybridized carbons (Fsp3) is 0. The lowest BCUT2D eigenvalue weighted by Gasteiger charge is -1.95. The Morgan fingerprint density at radius 2 is 2.00 bits per heavy atom. The summed E-state index contributed by atoms with van der Waals surface area (Å²) in [7, 11) is 1.54. The van der Waals surface area contributed by atoms with Gasteiger partial charge in [-0.2, -0.15) is 0 Å². The van der Waals surface area contributed by atoms with E-state index in [0.29, 0.717) is 5.39 Å². The quantitative estimate of drug-likeness (QED) is 0.688. The molecule has 2 rings (SSSR count). The fourth-order valence-electron chi connectivity index (χ4n) is 1.18. The van der Waals surface area contributed by atoms with Gasteiger partial charge in [0.25, 0.3) is 9.05 Å². The summed E-state index contributed by atoms with van der Waals surface area (Å²) in [5.74, 6) is 0. The van der Waals surface area contributed by atoms with Gasteiger partial charge in [0.15, 0.2) is 0 Å². The second-order valence-electron chi connectivity index (χ2n) is 2.57. The third-order valence-corrected chi connectivity index (χ3v) is 3.12. The van der Waals surface area contributed by atoms with Crippen molar-refractivity contribution in [2.45, 2.75) is 4.90 Å². The second kappa shape index (κ2) is 2.75. The van der Waals surface area contributed by atoms with Crippen LogP contribution in [0.4, 0.5) is 0 Å². The van der Waals surface area contributed by atoms with E-state index in [1.165, 1.54) is 18.6 Å². The van der Waals surface area contributed by atoms with Crippen molar-refractivity contribution >= 4 is 30.5 Å². The van der Waals surface area contributed by atoms with E-state index >= 15 is 0 Å². The molecule has 0 fully saturated rings. The predicted octanol–water partition coefficient (Wildman–Crippen LogP) is 2.36. The molecular weight excluding hydrogens is 212 g/mol. The Bertz CT molecular complexity index is 541. The van der Waals surface area contributed by atoms with Gasteiger partial charge in [0.2, 0.25) is 0 Å². The zero-order valence-electron chi connectivity index (χ0n) is 6.40. The molecule has 0 aliphatic rings. The molecule has 0 saturated carbocycles. The van der Waals surface area contributed by atoms with Gasteiger partial charge in [-0.05, 0) is 6.07 Å². The van der Waals surface area contributed by atoms with Crippen molar-refractivity contribution in [2.75, 3.05) is 0 Å². The molecule has 0 radical (unpaired) electrons. The maximum atomic E-state index is 11.1. The molecule has 0 aliphatic carbocycles. The highest BCUT2D eigenvalue weighted by Crippen LogP contribution is 2.26. The van der Waals surface area contributed by atoms with Crippen LogP contribution in [0.3, 0.4) is 0 Å². The van der Waals surface area contributed by atoms with Crippen LogP contribution in [0.15, 0.2) is 40.0 Å². The van der Waals surface area contributed by atoms with Gasteiger partial charge in [0.05, 0.1) is 17.4 Å². The molecule has 0 spiro atoms. The van der Waals surface area contributed by atoms with Crippen LogP contribution in [0.1, 0.15) is 0 Å². The highest BCUT2D eigenvalue weighted by atomic mass is 35.7. The Morgan fingerprint density at radius 3 is 2.69 bits per heavy atom. The van der Waals surface area contributed by atoms with E-state index in [4.69, 9.17) is 15.1 Å². The molecule has 13 heavy (non-hydrogen) atoms. The van der Waals surface area contributed by atoms with Gasteiger partial charge < -0.3 is 4.42 Å².